The first-order chi connectivity index (χ1) is 7.89. The fourth-order valence-electron chi connectivity index (χ4n) is 1.38. The Morgan fingerprint density at radius 1 is 1.47 bits per heavy atom. The van der Waals surface area contributed by atoms with Crippen molar-refractivity contribution in [3.05, 3.63) is 29.3 Å². The van der Waals surface area contributed by atoms with E-state index in [1.165, 1.54) is 7.11 Å². The molecule has 0 saturated heterocycles. The van der Waals surface area contributed by atoms with E-state index in [1.807, 2.05) is 19.1 Å². The summed E-state index contributed by atoms with van der Waals surface area (Å²) in [5.41, 5.74) is 0.507. The molecule has 0 bridgehead atoms. The third-order valence-corrected chi connectivity index (χ3v) is 2.31. The van der Waals surface area contributed by atoms with Crippen LogP contribution < -0.4 is 10.1 Å². The van der Waals surface area contributed by atoms with Crippen molar-refractivity contribution in [3.8, 4) is 11.8 Å². The molecule has 0 radical (unpaired) electrons. The van der Waals surface area contributed by atoms with Gasteiger partial charge in [0.2, 0.25) is 0 Å². The minimum Gasteiger partial charge on any atom is -0.496 e. The first-order valence-corrected chi connectivity index (χ1v) is 5.28. The van der Waals surface area contributed by atoms with Crippen LogP contribution in [0.15, 0.2) is 18.2 Å². The van der Waals surface area contributed by atoms with E-state index in [2.05, 4.69) is 5.32 Å². The maximum Gasteiger partial charge on any atom is 0.256 e. The van der Waals surface area contributed by atoms with Crippen molar-refractivity contribution in [1.82, 2.24) is 5.32 Å². The Balaban J connectivity index is 3.04. The first-order valence-electron chi connectivity index (χ1n) is 5.28. The van der Waals surface area contributed by atoms with Crippen LogP contribution >= 0.6 is 0 Å². The van der Waals surface area contributed by atoms with E-state index in [4.69, 9.17) is 10.00 Å². The number of nitrogens with one attached hydrogen (secondary N) is 1. The van der Waals surface area contributed by atoms with Crippen molar-refractivity contribution in [2.75, 3.05) is 7.11 Å². The fourth-order valence-corrected chi connectivity index (χ4v) is 1.38. The summed E-state index contributed by atoms with van der Waals surface area (Å²) < 4.78 is 5.13. The average molecular weight is 232 g/mol. The zero-order chi connectivity index (χ0) is 13.1. The summed E-state index contributed by atoms with van der Waals surface area (Å²) >= 11 is 0. The number of nitrogens with zero attached hydrogens (tertiary/aromatic N) is 1. The van der Waals surface area contributed by atoms with Crippen molar-refractivity contribution in [1.29, 1.82) is 5.26 Å². The standard InChI is InChI=1S/C13H16N2O2/c1-9-5-6-11(17-4)10(7-9)12(16)15-13(2,3)8-14/h5-7H,1-4H3,(H,15,16). The van der Waals surface area contributed by atoms with E-state index in [0.29, 0.717) is 11.3 Å². The molecule has 0 atom stereocenters. The van der Waals surface area contributed by atoms with E-state index in [1.54, 1.807) is 26.0 Å². The van der Waals surface area contributed by atoms with Gasteiger partial charge < -0.3 is 10.1 Å². The molecule has 0 aliphatic rings. The van der Waals surface area contributed by atoms with Gasteiger partial charge in [0.1, 0.15) is 11.3 Å². The first kappa shape index (κ1) is 13.0. The molecule has 1 aromatic carbocycles. The van der Waals surface area contributed by atoms with Crippen molar-refractivity contribution in [2.24, 2.45) is 0 Å². The molecule has 1 aromatic rings. The number of ether oxygens (including phenoxy) is 1. The van der Waals surface area contributed by atoms with Crippen molar-refractivity contribution >= 4 is 5.91 Å². The third-order valence-electron chi connectivity index (χ3n) is 2.31. The van der Waals surface area contributed by atoms with Crippen LogP contribution in [0, 0.1) is 18.3 Å². The predicted octanol–water partition coefficient (Wildman–Crippen LogP) is 2.04. The van der Waals surface area contributed by atoms with Gasteiger partial charge in [0, 0.05) is 0 Å². The lowest BCUT2D eigenvalue weighted by molar-refractivity contribution is 0.0926. The number of carbonyl (C=O) groups excluding carboxylic acids is 1. The Morgan fingerprint density at radius 2 is 2.12 bits per heavy atom. The molecule has 4 nitrogen and oxygen atoms in total. The molecule has 0 aliphatic carbocycles. The average Bonchev–Trinajstić information content (AvgIpc) is 2.28. The number of carbonyl (C=O) groups is 1. The highest BCUT2D eigenvalue weighted by Crippen LogP contribution is 2.20. The van der Waals surface area contributed by atoms with Gasteiger partial charge in [-0.05, 0) is 32.9 Å². The van der Waals surface area contributed by atoms with Crippen LogP contribution in [-0.4, -0.2) is 18.6 Å². The second-order valence-corrected chi connectivity index (χ2v) is 4.39. The number of hydrogen-bond donors (Lipinski definition) is 1. The van der Waals surface area contributed by atoms with Gasteiger partial charge in [-0.3, -0.25) is 4.79 Å². The normalized spacial score (nSPS) is 10.5. The molecule has 0 spiro atoms. The lowest BCUT2D eigenvalue weighted by atomic mass is 10.1. The van der Waals surface area contributed by atoms with Gasteiger partial charge in [-0.2, -0.15) is 5.26 Å². The number of amides is 1. The van der Waals surface area contributed by atoms with Crippen LogP contribution in [0.5, 0.6) is 5.75 Å². The summed E-state index contributed by atoms with van der Waals surface area (Å²) in [7, 11) is 1.51. The monoisotopic (exact) mass is 232 g/mol. The Morgan fingerprint density at radius 3 is 2.65 bits per heavy atom. The summed E-state index contributed by atoms with van der Waals surface area (Å²) in [4.78, 5) is 12.0. The van der Waals surface area contributed by atoms with Gasteiger partial charge in [0.15, 0.2) is 0 Å². The summed E-state index contributed by atoms with van der Waals surface area (Å²) in [5, 5.41) is 11.5. The zero-order valence-corrected chi connectivity index (χ0v) is 10.5. The molecule has 1 N–H and O–H groups in total. The van der Waals surface area contributed by atoms with Gasteiger partial charge >= 0.3 is 0 Å². The molecule has 0 saturated carbocycles. The fraction of sp³-hybridized carbons (Fsp3) is 0.385. The molecule has 0 heterocycles. The highest BCUT2D eigenvalue weighted by molar-refractivity contribution is 5.97. The number of aryl methyl sites for hydroxylation is 1. The molecule has 0 unspecified atom stereocenters. The van der Waals surface area contributed by atoms with Crippen molar-refractivity contribution in [2.45, 2.75) is 26.3 Å². The molecule has 90 valence electrons. The second-order valence-electron chi connectivity index (χ2n) is 4.39. The number of rotatable bonds is 3. The second kappa shape index (κ2) is 4.88. The quantitative estimate of drug-likeness (QED) is 0.867. The molecule has 0 fully saturated rings. The van der Waals surface area contributed by atoms with E-state index in [9.17, 15) is 4.79 Å². The lowest BCUT2D eigenvalue weighted by Crippen LogP contribution is -2.42. The molecular formula is C13H16N2O2. The van der Waals surface area contributed by atoms with Gasteiger partial charge in [0.25, 0.3) is 5.91 Å². The minimum absolute atomic E-state index is 0.308. The van der Waals surface area contributed by atoms with Gasteiger partial charge in [0.05, 0.1) is 18.7 Å². The molecule has 1 amide bonds. The Labute approximate surface area is 101 Å². The number of methoxy groups -OCH3 is 1. The largest absolute Gasteiger partial charge is 0.496 e. The Kier molecular flexibility index (Phi) is 3.74. The highest BCUT2D eigenvalue weighted by Gasteiger charge is 2.22. The lowest BCUT2D eigenvalue weighted by Gasteiger charge is -2.18. The smallest absolute Gasteiger partial charge is 0.256 e. The predicted molar refractivity (Wildman–Crippen MR) is 64.9 cm³/mol. The molecule has 0 aliphatic heterocycles. The summed E-state index contributed by atoms with van der Waals surface area (Å²) in [6.07, 6.45) is 0. The number of hydrogen-bond acceptors (Lipinski definition) is 3. The minimum atomic E-state index is -0.897. The van der Waals surface area contributed by atoms with E-state index >= 15 is 0 Å². The number of nitriles is 1. The molecular weight excluding hydrogens is 216 g/mol. The van der Waals surface area contributed by atoms with Gasteiger partial charge in [-0.15, -0.1) is 0 Å². The molecule has 0 aromatic heterocycles. The topological polar surface area (TPSA) is 62.1 Å². The third kappa shape index (κ3) is 3.22. The Bertz CT molecular complexity index is 473. The van der Waals surface area contributed by atoms with Gasteiger partial charge in [-0.1, -0.05) is 11.6 Å². The van der Waals surface area contributed by atoms with Gasteiger partial charge in [-0.25, -0.2) is 0 Å². The number of benzene rings is 1. The maximum atomic E-state index is 12.0. The summed E-state index contributed by atoms with van der Waals surface area (Å²) in [6.45, 7) is 5.19. The zero-order valence-electron chi connectivity index (χ0n) is 10.5. The van der Waals surface area contributed by atoms with Crippen LogP contribution in [0.3, 0.4) is 0 Å². The van der Waals surface area contributed by atoms with E-state index < -0.39 is 5.54 Å². The molecule has 4 heteroatoms. The SMILES string of the molecule is COc1ccc(C)cc1C(=O)NC(C)(C)C#N. The summed E-state index contributed by atoms with van der Waals surface area (Å²) in [5.74, 6) is 0.193. The van der Waals surface area contributed by atoms with Crippen LogP contribution in [0.4, 0.5) is 0 Å². The van der Waals surface area contributed by atoms with E-state index in [0.717, 1.165) is 5.56 Å². The van der Waals surface area contributed by atoms with Crippen LogP contribution in [0.1, 0.15) is 29.8 Å². The van der Waals surface area contributed by atoms with Crippen LogP contribution in [0.25, 0.3) is 0 Å². The van der Waals surface area contributed by atoms with Crippen molar-refractivity contribution < 1.29 is 9.53 Å². The molecule has 1 rings (SSSR count). The highest BCUT2D eigenvalue weighted by atomic mass is 16.5. The van der Waals surface area contributed by atoms with Crippen LogP contribution in [-0.2, 0) is 0 Å². The maximum absolute atomic E-state index is 12.0. The Hall–Kier alpha value is -2.02. The van der Waals surface area contributed by atoms with E-state index in [-0.39, 0.29) is 5.91 Å². The van der Waals surface area contributed by atoms with Crippen LogP contribution in [0.2, 0.25) is 0 Å². The molecule has 17 heavy (non-hydrogen) atoms. The van der Waals surface area contributed by atoms with Crippen molar-refractivity contribution in [3.63, 3.8) is 0 Å². The summed E-state index contributed by atoms with van der Waals surface area (Å²) in [6, 6.07) is 7.36.